The summed E-state index contributed by atoms with van der Waals surface area (Å²) in [6.45, 7) is 7.23. The van der Waals surface area contributed by atoms with Crippen LogP contribution in [0.2, 0.25) is 0 Å². The summed E-state index contributed by atoms with van der Waals surface area (Å²) in [5.41, 5.74) is 0. The van der Waals surface area contributed by atoms with Crippen molar-refractivity contribution in [2.75, 3.05) is 0 Å². The number of rotatable bonds is 2. The van der Waals surface area contributed by atoms with Gasteiger partial charge in [0.1, 0.15) is 0 Å². The van der Waals surface area contributed by atoms with Gasteiger partial charge in [-0.05, 0) is 36.0 Å². The molecule has 0 N–H and O–H groups in total. The molecule has 0 radical (unpaired) electrons. The van der Waals surface area contributed by atoms with Crippen LogP contribution < -0.4 is 0 Å². The van der Waals surface area contributed by atoms with Gasteiger partial charge >= 0.3 is 0 Å². The molecule has 2 aliphatic rings. The van der Waals surface area contributed by atoms with Crippen LogP contribution in [0.5, 0.6) is 0 Å². The van der Waals surface area contributed by atoms with E-state index in [0.29, 0.717) is 0 Å². The lowest BCUT2D eigenvalue weighted by Crippen LogP contribution is -2.04. The molecule has 2 fully saturated rings. The minimum absolute atomic E-state index is 1.05. The van der Waals surface area contributed by atoms with E-state index >= 15 is 0 Å². The molecule has 0 heteroatoms. The van der Waals surface area contributed by atoms with Crippen LogP contribution in [0.3, 0.4) is 0 Å². The molecule has 2 rings (SSSR count). The molecule has 0 saturated heterocycles. The van der Waals surface area contributed by atoms with Gasteiger partial charge in [0.25, 0.3) is 0 Å². The molecule has 0 aromatic heterocycles. The van der Waals surface area contributed by atoms with Gasteiger partial charge in [-0.1, -0.05) is 33.6 Å². The molecule has 0 aromatic rings. The Morgan fingerprint density at radius 2 is 1.91 bits per heavy atom. The third kappa shape index (κ3) is 1.02. The second kappa shape index (κ2) is 2.50. The highest BCUT2D eigenvalue weighted by molar-refractivity contribution is 5.05. The van der Waals surface area contributed by atoms with Gasteiger partial charge in [0.15, 0.2) is 0 Å². The Bertz CT molecular complexity index is 150. The summed E-state index contributed by atoms with van der Waals surface area (Å²) in [7, 11) is 0. The lowest BCUT2D eigenvalue weighted by atomic mass is 9.92. The number of fused-ring (bicyclic) bond motifs is 1. The van der Waals surface area contributed by atoms with Gasteiger partial charge in [0, 0.05) is 0 Å². The van der Waals surface area contributed by atoms with Crippen molar-refractivity contribution in [2.45, 2.75) is 40.0 Å². The SMILES string of the molecule is CCCC1CC(C)C2C(C)C12. The van der Waals surface area contributed by atoms with Gasteiger partial charge < -0.3 is 0 Å². The standard InChI is InChI=1S/C11H20/c1-4-5-9-6-7(2)10-8(3)11(9)10/h7-11H,4-6H2,1-3H3. The van der Waals surface area contributed by atoms with Crippen LogP contribution in [0.1, 0.15) is 40.0 Å². The minimum Gasteiger partial charge on any atom is -0.0654 e. The number of hydrogen-bond donors (Lipinski definition) is 0. The topological polar surface area (TPSA) is 0 Å². The molecule has 2 saturated carbocycles. The van der Waals surface area contributed by atoms with Crippen molar-refractivity contribution in [3.63, 3.8) is 0 Å². The van der Waals surface area contributed by atoms with Crippen LogP contribution in [-0.2, 0) is 0 Å². The van der Waals surface area contributed by atoms with Crippen molar-refractivity contribution < 1.29 is 0 Å². The van der Waals surface area contributed by atoms with Crippen molar-refractivity contribution >= 4 is 0 Å². The van der Waals surface area contributed by atoms with Crippen LogP contribution in [0.25, 0.3) is 0 Å². The van der Waals surface area contributed by atoms with Crippen LogP contribution in [0.4, 0.5) is 0 Å². The molecule has 5 unspecified atom stereocenters. The summed E-state index contributed by atoms with van der Waals surface area (Å²) in [4.78, 5) is 0. The lowest BCUT2D eigenvalue weighted by molar-refractivity contribution is 0.370. The third-order valence-corrected chi connectivity index (χ3v) is 4.05. The summed E-state index contributed by atoms with van der Waals surface area (Å²) >= 11 is 0. The van der Waals surface area contributed by atoms with Crippen molar-refractivity contribution in [1.29, 1.82) is 0 Å². The van der Waals surface area contributed by atoms with E-state index in [0.717, 1.165) is 29.6 Å². The van der Waals surface area contributed by atoms with Gasteiger partial charge in [-0.3, -0.25) is 0 Å². The van der Waals surface area contributed by atoms with Crippen molar-refractivity contribution in [1.82, 2.24) is 0 Å². The maximum Gasteiger partial charge on any atom is -0.0323 e. The van der Waals surface area contributed by atoms with E-state index in [9.17, 15) is 0 Å². The van der Waals surface area contributed by atoms with Crippen LogP contribution in [-0.4, -0.2) is 0 Å². The molecule has 5 atom stereocenters. The molecule has 11 heavy (non-hydrogen) atoms. The number of hydrogen-bond acceptors (Lipinski definition) is 0. The third-order valence-electron chi connectivity index (χ3n) is 4.05. The molecule has 0 heterocycles. The Morgan fingerprint density at radius 3 is 2.36 bits per heavy atom. The molecule has 64 valence electrons. The zero-order valence-electron chi connectivity index (χ0n) is 8.01. The van der Waals surface area contributed by atoms with Gasteiger partial charge in [-0.25, -0.2) is 0 Å². The minimum atomic E-state index is 1.05. The Morgan fingerprint density at radius 1 is 1.18 bits per heavy atom. The summed E-state index contributed by atoms with van der Waals surface area (Å²) in [5, 5.41) is 0. The van der Waals surface area contributed by atoms with Crippen molar-refractivity contribution in [3.05, 3.63) is 0 Å². The molecule has 2 aliphatic carbocycles. The van der Waals surface area contributed by atoms with Gasteiger partial charge in [-0.15, -0.1) is 0 Å². The molecule has 0 nitrogen and oxygen atoms in total. The molecular formula is C11H20. The molecular weight excluding hydrogens is 132 g/mol. The second-order valence-corrected chi connectivity index (χ2v) is 4.78. The van der Waals surface area contributed by atoms with Gasteiger partial charge in [0.05, 0.1) is 0 Å². The monoisotopic (exact) mass is 152 g/mol. The fraction of sp³-hybridized carbons (Fsp3) is 1.00. The Kier molecular flexibility index (Phi) is 1.74. The summed E-state index contributed by atoms with van der Waals surface area (Å²) in [6, 6.07) is 0. The predicted molar refractivity (Wildman–Crippen MR) is 48.3 cm³/mol. The summed E-state index contributed by atoms with van der Waals surface area (Å²) in [5.74, 6) is 5.51. The Labute approximate surface area is 70.4 Å². The van der Waals surface area contributed by atoms with E-state index in [2.05, 4.69) is 20.8 Å². The zero-order chi connectivity index (χ0) is 8.01. The lowest BCUT2D eigenvalue weighted by Gasteiger charge is -2.13. The summed E-state index contributed by atoms with van der Waals surface area (Å²) < 4.78 is 0. The average molecular weight is 152 g/mol. The van der Waals surface area contributed by atoms with E-state index < -0.39 is 0 Å². The fourth-order valence-corrected chi connectivity index (χ4v) is 3.64. The second-order valence-electron chi connectivity index (χ2n) is 4.78. The Hall–Kier alpha value is 0. The first-order valence-electron chi connectivity index (χ1n) is 5.25. The zero-order valence-corrected chi connectivity index (χ0v) is 8.01. The highest BCUT2D eigenvalue weighted by Crippen LogP contribution is 2.63. The van der Waals surface area contributed by atoms with Crippen molar-refractivity contribution in [2.24, 2.45) is 29.6 Å². The maximum absolute atomic E-state index is 2.46. The largest absolute Gasteiger partial charge is 0.0654 e. The predicted octanol–water partition coefficient (Wildman–Crippen LogP) is 3.32. The first kappa shape index (κ1) is 7.64. The maximum atomic E-state index is 2.46. The molecule has 0 amide bonds. The normalized spacial score (nSPS) is 54.3. The van der Waals surface area contributed by atoms with Crippen LogP contribution in [0, 0.1) is 29.6 Å². The highest BCUT2D eigenvalue weighted by atomic mass is 14.6. The summed E-state index contributed by atoms with van der Waals surface area (Å²) in [6.07, 6.45) is 4.43. The molecule has 0 bridgehead atoms. The van der Waals surface area contributed by atoms with Crippen LogP contribution in [0.15, 0.2) is 0 Å². The Balaban J connectivity index is 1.95. The smallest absolute Gasteiger partial charge is 0.0323 e. The average Bonchev–Trinajstić information content (AvgIpc) is 2.48. The van der Waals surface area contributed by atoms with E-state index in [-0.39, 0.29) is 0 Å². The highest BCUT2D eigenvalue weighted by Gasteiger charge is 2.57. The van der Waals surface area contributed by atoms with E-state index in [4.69, 9.17) is 0 Å². The molecule has 0 aromatic carbocycles. The quantitative estimate of drug-likeness (QED) is 0.569. The van der Waals surface area contributed by atoms with Crippen molar-refractivity contribution in [3.8, 4) is 0 Å². The van der Waals surface area contributed by atoms with Gasteiger partial charge in [0.2, 0.25) is 0 Å². The first-order valence-corrected chi connectivity index (χ1v) is 5.25. The first-order chi connectivity index (χ1) is 5.25. The fourth-order valence-electron chi connectivity index (χ4n) is 3.64. The van der Waals surface area contributed by atoms with Crippen LogP contribution >= 0.6 is 0 Å². The van der Waals surface area contributed by atoms with E-state index in [1.54, 1.807) is 0 Å². The van der Waals surface area contributed by atoms with E-state index in [1.165, 1.54) is 19.3 Å². The van der Waals surface area contributed by atoms with Gasteiger partial charge in [-0.2, -0.15) is 0 Å². The molecule has 0 aliphatic heterocycles. The molecule has 0 spiro atoms. The van der Waals surface area contributed by atoms with E-state index in [1.807, 2.05) is 0 Å².